The molecule has 1 aliphatic rings. The van der Waals surface area contributed by atoms with Crippen LogP contribution in [-0.2, 0) is 28.7 Å². The summed E-state index contributed by atoms with van der Waals surface area (Å²) < 4.78 is 45.0. The van der Waals surface area contributed by atoms with Crippen LogP contribution < -0.4 is 4.90 Å². The molecule has 1 aliphatic heterocycles. The number of aryl methyl sites for hydroxylation is 1. The van der Waals surface area contributed by atoms with Gasteiger partial charge in [0.2, 0.25) is 0 Å². The Labute approximate surface area is 207 Å². The van der Waals surface area contributed by atoms with Crippen LogP contribution in [-0.4, -0.2) is 48.1 Å². The van der Waals surface area contributed by atoms with Gasteiger partial charge in [0.25, 0.3) is 0 Å². The summed E-state index contributed by atoms with van der Waals surface area (Å²) in [6.07, 6.45) is -3.19. The van der Waals surface area contributed by atoms with Crippen LogP contribution in [0.25, 0.3) is 10.2 Å². The molecule has 0 saturated carbocycles. The Bertz CT molecular complexity index is 1190. The Morgan fingerprint density at radius 1 is 1.14 bits per heavy atom. The SMILES string of the molecule is CCOC(=O)Cc1cc(C)cc(CN2CCN(c3nc4ccc(C(F)(F)F)cc4s3)[C@@H](CC)C2)c1. The number of anilines is 1. The number of thiazole rings is 1. The predicted octanol–water partition coefficient (Wildman–Crippen LogP) is 5.83. The van der Waals surface area contributed by atoms with Crippen molar-refractivity contribution < 1.29 is 22.7 Å². The number of carbonyl (C=O) groups is 1. The second-order valence-electron chi connectivity index (χ2n) is 8.98. The van der Waals surface area contributed by atoms with Crippen LogP contribution >= 0.6 is 11.3 Å². The predicted molar refractivity (Wildman–Crippen MR) is 133 cm³/mol. The zero-order valence-corrected chi connectivity index (χ0v) is 21.0. The molecule has 0 unspecified atom stereocenters. The summed E-state index contributed by atoms with van der Waals surface area (Å²) in [5.41, 5.74) is 3.19. The first-order valence-corrected chi connectivity index (χ1v) is 12.7. The fourth-order valence-corrected chi connectivity index (χ4v) is 5.76. The zero-order valence-electron chi connectivity index (χ0n) is 20.2. The Morgan fingerprint density at radius 2 is 1.91 bits per heavy atom. The first-order valence-electron chi connectivity index (χ1n) is 11.9. The number of benzene rings is 2. The molecule has 3 aromatic rings. The molecule has 1 saturated heterocycles. The van der Waals surface area contributed by atoms with E-state index in [2.05, 4.69) is 33.8 Å². The van der Waals surface area contributed by atoms with Crippen molar-refractivity contribution in [1.82, 2.24) is 9.88 Å². The van der Waals surface area contributed by atoms with E-state index in [-0.39, 0.29) is 18.4 Å². The minimum absolute atomic E-state index is 0.218. The van der Waals surface area contributed by atoms with E-state index in [1.807, 2.05) is 13.0 Å². The van der Waals surface area contributed by atoms with Crippen LogP contribution in [0, 0.1) is 6.92 Å². The molecule has 1 fully saturated rings. The van der Waals surface area contributed by atoms with Crippen LogP contribution in [0.3, 0.4) is 0 Å². The molecule has 0 radical (unpaired) electrons. The summed E-state index contributed by atoms with van der Waals surface area (Å²) in [6.45, 7) is 9.52. The number of fused-ring (bicyclic) bond motifs is 1. The highest BCUT2D eigenvalue weighted by Crippen LogP contribution is 2.36. The number of carbonyl (C=O) groups excluding carboxylic acids is 1. The van der Waals surface area contributed by atoms with Crippen LogP contribution in [0.4, 0.5) is 18.3 Å². The van der Waals surface area contributed by atoms with Crippen LogP contribution in [0.2, 0.25) is 0 Å². The van der Waals surface area contributed by atoms with Gasteiger partial charge in [-0.3, -0.25) is 9.69 Å². The third kappa shape index (κ3) is 6.13. The molecule has 188 valence electrons. The van der Waals surface area contributed by atoms with E-state index >= 15 is 0 Å². The van der Waals surface area contributed by atoms with Crippen molar-refractivity contribution in [2.45, 2.75) is 52.4 Å². The van der Waals surface area contributed by atoms with Gasteiger partial charge < -0.3 is 9.64 Å². The summed E-state index contributed by atoms with van der Waals surface area (Å²) in [5, 5.41) is 0.776. The molecule has 2 heterocycles. The number of hydrogen-bond acceptors (Lipinski definition) is 6. The molecule has 1 atom stereocenters. The highest BCUT2D eigenvalue weighted by molar-refractivity contribution is 7.22. The van der Waals surface area contributed by atoms with E-state index in [0.717, 1.165) is 60.5 Å². The number of alkyl halides is 3. The van der Waals surface area contributed by atoms with Crippen LogP contribution in [0.5, 0.6) is 0 Å². The maximum Gasteiger partial charge on any atom is 0.416 e. The molecule has 35 heavy (non-hydrogen) atoms. The lowest BCUT2D eigenvalue weighted by Gasteiger charge is -2.41. The molecular formula is C26H30F3N3O2S. The van der Waals surface area contributed by atoms with E-state index in [1.165, 1.54) is 23.5 Å². The highest BCUT2D eigenvalue weighted by atomic mass is 32.1. The van der Waals surface area contributed by atoms with E-state index < -0.39 is 11.7 Å². The Balaban J connectivity index is 1.46. The molecule has 0 aliphatic carbocycles. The molecular weight excluding hydrogens is 475 g/mol. The fourth-order valence-electron chi connectivity index (χ4n) is 4.65. The summed E-state index contributed by atoms with van der Waals surface area (Å²) >= 11 is 1.32. The van der Waals surface area contributed by atoms with Gasteiger partial charge in [0.05, 0.1) is 28.8 Å². The minimum Gasteiger partial charge on any atom is -0.466 e. The lowest BCUT2D eigenvalue weighted by molar-refractivity contribution is -0.142. The van der Waals surface area contributed by atoms with Crippen molar-refractivity contribution in [3.05, 3.63) is 58.7 Å². The van der Waals surface area contributed by atoms with Gasteiger partial charge >= 0.3 is 12.1 Å². The number of piperazine rings is 1. The summed E-state index contributed by atoms with van der Waals surface area (Å²) in [5.74, 6) is -0.220. The largest absolute Gasteiger partial charge is 0.466 e. The molecule has 0 spiro atoms. The molecule has 0 N–H and O–H groups in total. The fraction of sp³-hybridized carbons (Fsp3) is 0.462. The number of hydrogen-bond donors (Lipinski definition) is 0. The van der Waals surface area contributed by atoms with Gasteiger partial charge in [-0.2, -0.15) is 13.2 Å². The molecule has 1 aromatic heterocycles. The van der Waals surface area contributed by atoms with Crippen molar-refractivity contribution in [2.24, 2.45) is 0 Å². The second-order valence-corrected chi connectivity index (χ2v) is 9.99. The van der Waals surface area contributed by atoms with Crippen LogP contribution in [0.15, 0.2) is 36.4 Å². The number of nitrogens with zero attached hydrogens (tertiary/aromatic N) is 3. The number of aromatic nitrogens is 1. The van der Waals surface area contributed by atoms with Gasteiger partial charge in [-0.25, -0.2) is 4.98 Å². The van der Waals surface area contributed by atoms with Crippen molar-refractivity contribution in [3.8, 4) is 0 Å². The molecule has 0 amide bonds. The van der Waals surface area contributed by atoms with E-state index in [9.17, 15) is 18.0 Å². The monoisotopic (exact) mass is 505 g/mol. The average Bonchev–Trinajstić information content (AvgIpc) is 3.21. The maximum absolute atomic E-state index is 13.1. The van der Waals surface area contributed by atoms with Gasteiger partial charge in [-0.1, -0.05) is 42.0 Å². The number of halogens is 3. The second kappa shape index (κ2) is 10.5. The number of ether oxygens (including phenoxy) is 1. The molecule has 4 rings (SSSR count). The summed E-state index contributed by atoms with van der Waals surface area (Å²) in [7, 11) is 0. The summed E-state index contributed by atoms with van der Waals surface area (Å²) in [6, 6.07) is 10.2. The van der Waals surface area contributed by atoms with Gasteiger partial charge in [-0.15, -0.1) is 0 Å². The highest BCUT2D eigenvalue weighted by Gasteiger charge is 2.32. The molecule has 9 heteroatoms. The van der Waals surface area contributed by atoms with Crippen molar-refractivity contribution >= 4 is 32.7 Å². The topological polar surface area (TPSA) is 45.7 Å². The molecule has 0 bridgehead atoms. The molecule has 2 aromatic carbocycles. The van der Waals surface area contributed by atoms with E-state index in [4.69, 9.17) is 4.74 Å². The van der Waals surface area contributed by atoms with Gasteiger partial charge in [0, 0.05) is 32.2 Å². The average molecular weight is 506 g/mol. The molecule has 5 nitrogen and oxygen atoms in total. The lowest BCUT2D eigenvalue weighted by atomic mass is 10.0. The lowest BCUT2D eigenvalue weighted by Crippen LogP contribution is -2.52. The summed E-state index contributed by atoms with van der Waals surface area (Å²) in [4.78, 5) is 21.2. The minimum atomic E-state index is -4.36. The quantitative estimate of drug-likeness (QED) is 0.378. The number of esters is 1. The van der Waals surface area contributed by atoms with Crippen molar-refractivity contribution in [3.63, 3.8) is 0 Å². The van der Waals surface area contributed by atoms with Gasteiger partial charge in [-0.05, 0) is 49.6 Å². The van der Waals surface area contributed by atoms with E-state index in [0.29, 0.717) is 16.8 Å². The van der Waals surface area contributed by atoms with Crippen molar-refractivity contribution in [2.75, 3.05) is 31.1 Å². The van der Waals surface area contributed by atoms with Crippen molar-refractivity contribution in [1.29, 1.82) is 0 Å². The van der Waals surface area contributed by atoms with Gasteiger partial charge in [0.1, 0.15) is 0 Å². The Hall–Kier alpha value is -2.65. The van der Waals surface area contributed by atoms with Crippen LogP contribution in [0.1, 0.15) is 42.5 Å². The first-order chi connectivity index (χ1) is 16.7. The van der Waals surface area contributed by atoms with Gasteiger partial charge in [0.15, 0.2) is 5.13 Å². The first kappa shape index (κ1) is 25.4. The zero-order chi connectivity index (χ0) is 25.2. The third-order valence-electron chi connectivity index (χ3n) is 6.25. The standard InChI is InChI=1S/C26H30F3N3O2S/c1-4-21-16-31(15-19-11-17(3)10-18(12-19)13-24(33)34-5-2)8-9-32(21)25-30-22-7-6-20(26(27,28)29)14-23(22)35-25/h6-7,10-12,14,21H,4-5,8-9,13,15-16H2,1-3H3/t21-/m0/s1. The maximum atomic E-state index is 13.1. The number of rotatable bonds is 7. The normalized spacial score (nSPS) is 17.2. The Morgan fingerprint density at radius 3 is 2.63 bits per heavy atom. The van der Waals surface area contributed by atoms with E-state index in [1.54, 1.807) is 6.92 Å². The Kier molecular flexibility index (Phi) is 7.66. The third-order valence-corrected chi connectivity index (χ3v) is 7.30. The smallest absolute Gasteiger partial charge is 0.416 e.